The van der Waals surface area contributed by atoms with Crippen molar-refractivity contribution in [3.63, 3.8) is 0 Å². The molecule has 1 aromatic heterocycles. The third kappa shape index (κ3) is 3.81. The first-order chi connectivity index (χ1) is 9.99. The number of amides is 1. The molecule has 0 spiro atoms. The summed E-state index contributed by atoms with van der Waals surface area (Å²) >= 11 is 1.27. The van der Waals surface area contributed by atoms with Crippen LogP contribution >= 0.6 is 11.8 Å². The number of carbonyl (C=O) groups excluding carboxylic acids is 1. The van der Waals surface area contributed by atoms with E-state index in [0.717, 1.165) is 0 Å². The first kappa shape index (κ1) is 15.5. The van der Waals surface area contributed by atoms with Crippen molar-refractivity contribution in [2.75, 3.05) is 5.75 Å². The average molecular weight is 308 g/mol. The summed E-state index contributed by atoms with van der Waals surface area (Å²) < 4.78 is 15.5. The van der Waals surface area contributed by atoms with Gasteiger partial charge >= 0.3 is 0 Å². The van der Waals surface area contributed by atoms with Crippen LogP contribution in [0, 0.1) is 5.82 Å². The lowest BCUT2D eigenvalue weighted by molar-refractivity contribution is -0.119. The van der Waals surface area contributed by atoms with Crippen LogP contribution < -0.4 is 5.32 Å². The molecular formula is C14H17FN4OS. The van der Waals surface area contributed by atoms with Gasteiger partial charge in [-0.3, -0.25) is 4.79 Å². The molecule has 0 unspecified atom stereocenters. The molecule has 0 aliphatic carbocycles. The Morgan fingerprint density at radius 3 is 2.76 bits per heavy atom. The molecular weight excluding hydrogens is 291 g/mol. The summed E-state index contributed by atoms with van der Waals surface area (Å²) in [6, 6.07) is 6.51. The van der Waals surface area contributed by atoms with Crippen molar-refractivity contribution in [3.05, 3.63) is 30.1 Å². The number of rotatable bonds is 5. The minimum Gasteiger partial charge on any atom is -0.353 e. The van der Waals surface area contributed by atoms with Gasteiger partial charge in [-0.25, -0.2) is 4.39 Å². The largest absolute Gasteiger partial charge is 0.353 e. The van der Waals surface area contributed by atoms with Crippen LogP contribution in [0.2, 0.25) is 0 Å². The number of aromatic nitrogens is 3. The highest BCUT2D eigenvalue weighted by molar-refractivity contribution is 7.99. The van der Waals surface area contributed by atoms with Gasteiger partial charge in [0.25, 0.3) is 0 Å². The van der Waals surface area contributed by atoms with E-state index in [-0.39, 0.29) is 23.5 Å². The molecule has 1 heterocycles. The van der Waals surface area contributed by atoms with Gasteiger partial charge in [-0.15, -0.1) is 10.2 Å². The number of carbonyl (C=O) groups is 1. The molecule has 2 rings (SSSR count). The quantitative estimate of drug-likeness (QED) is 0.861. The van der Waals surface area contributed by atoms with E-state index in [1.807, 2.05) is 13.8 Å². The smallest absolute Gasteiger partial charge is 0.230 e. The van der Waals surface area contributed by atoms with Crippen molar-refractivity contribution in [1.82, 2.24) is 20.1 Å². The number of nitrogens with zero attached hydrogens (tertiary/aromatic N) is 3. The van der Waals surface area contributed by atoms with E-state index >= 15 is 0 Å². The summed E-state index contributed by atoms with van der Waals surface area (Å²) in [5.74, 6) is 0.286. The van der Waals surface area contributed by atoms with Crippen molar-refractivity contribution in [2.24, 2.45) is 7.05 Å². The van der Waals surface area contributed by atoms with Crippen molar-refractivity contribution in [1.29, 1.82) is 0 Å². The average Bonchev–Trinajstić information content (AvgIpc) is 2.77. The topological polar surface area (TPSA) is 59.8 Å². The molecule has 0 saturated carbocycles. The number of hydrogen-bond acceptors (Lipinski definition) is 4. The Bertz CT molecular complexity index is 642. The van der Waals surface area contributed by atoms with Crippen molar-refractivity contribution < 1.29 is 9.18 Å². The Hall–Kier alpha value is -1.89. The molecule has 0 bridgehead atoms. The zero-order valence-corrected chi connectivity index (χ0v) is 12.9. The first-order valence-electron chi connectivity index (χ1n) is 6.55. The van der Waals surface area contributed by atoms with Crippen LogP contribution in [-0.4, -0.2) is 32.5 Å². The highest BCUT2D eigenvalue weighted by Gasteiger charge is 2.15. The van der Waals surface area contributed by atoms with Gasteiger partial charge in [0.1, 0.15) is 5.82 Å². The van der Waals surface area contributed by atoms with Gasteiger partial charge in [0, 0.05) is 13.1 Å². The standard InChI is InChI=1S/C14H17FN4OS/c1-9(2)16-12(20)8-21-14-18-17-13(19(14)3)10-6-4-5-7-11(10)15/h4-7,9H,8H2,1-3H3,(H,16,20). The van der Waals surface area contributed by atoms with Gasteiger partial charge in [0.15, 0.2) is 11.0 Å². The zero-order chi connectivity index (χ0) is 15.4. The number of nitrogens with one attached hydrogen (secondary N) is 1. The van der Waals surface area contributed by atoms with Crippen LogP contribution in [0.3, 0.4) is 0 Å². The van der Waals surface area contributed by atoms with E-state index in [9.17, 15) is 9.18 Å². The fraction of sp³-hybridized carbons (Fsp3) is 0.357. The highest BCUT2D eigenvalue weighted by atomic mass is 32.2. The van der Waals surface area contributed by atoms with Gasteiger partial charge in [0.2, 0.25) is 5.91 Å². The van der Waals surface area contributed by atoms with E-state index in [2.05, 4.69) is 15.5 Å². The number of halogens is 1. The molecule has 0 saturated heterocycles. The lowest BCUT2D eigenvalue weighted by Crippen LogP contribution is -2.31. The molecule has 0 atom stereocenters. The second-order valence-electron chi connectivity index (χ2n) is 4.86. The van der Waals surface area contributed by atoms with Crippen LogP contribution in [0.4, 0.5) is 4.39 Å². The number of thioether (sulfide) groups is 1. The van der Waals surface area contributed by atoms with E-state index < -0.39 is 0 Å². The third-order valence-electron chi connectivity index (χ3n) is 2.73. The summed E-state index contributed by atoms with van der Waals surface area (Å²) in [6.07, 6.45) is 0. The lowest BCUT2D eigenvalue weighted by atomic mass is 10.2. The van der Waals surface area contributed by atoms with Gasteiger partial charge < -0.3 is 9.88 Å². The Balaban J connectivity index is 2.11. The molecule has 21 heavy (non-hydrogen) atoms. The minimum absolute atomic E-state index is 0.0644. The lowest BCUT2D eigenvalue weighted by Gasteiger charge is -2.08. The maximum Gasteiger partial charge on any atom is 0.230 e. The maximum absolute atomic E-state index is 13.8. The first-order valence-corrected chi connectivity index (χ1v) is 7.54. The molecule has 0 aliphatic heterocycles. The van der Waals surface area contributed by atoms with Crippen LogP contribution in [0.25, 0.3) is 11.4 Å². The predicted molar refractivity (Wildman–Crippen MR) is 80.4 cm³/mol. The fourth-order valence-corrected chi connectivity index (χ4v) is 2.53. The van der Waals surface area contributed by atoms with Crippen molar-refractivity contribution in [2.45, 2.75) is 25.0 Å². The molecule has 1 aromatic carbocycles. The third-order valence-corrected chi connectivity index (χ3v) is 3.75. The molecule has 2 aromatic rings. The van der Waals surface area contributed by atoms with Crippen LogP contribution in [0.1, 0.15) is 13.8 Å². The molecule has 1 amide bonds. The Morgan fingerprint density at radius 2 is 2.10 bits per heavy atom. The van der Waals surface area contributed by atoms with E-state index in [4.69, 9.17) is 0 Å². The molecule has 1 N–H and O–H groups in total. The minimum atomic E-state index is -0.345. The Morgan fingerprint density at radius 1 is 1.38 bits per heavy atom. The summed E-state index contributed by atoms with van der Waals surface area (Å²) in [4.78, 5) is 11.6. The summed E-state index contributed by atoms with van der Waals surface area (Å²) in [6.45, 7) is 3.81. The van der Waals surface area contributed by atoms with Crippen LogP contribution in [-0.2, 0) is 11.8 Å². The van der Waals surface area contributed by atoms with Gasteiger partial charge in [0.05, 0.1) is 11.3 Å². The molecule has 7 heteroatoms. The summed E-state index contributed by atoms with van der Waals surface area (Å²) in [5.41, 5.74) is 0.394. The second-order valence-corrected chi connectivity index (χ2v) is 5.80. The van der Waals surface area contributed by atoms with Crippen LogP contribution in [0.15, 0.2) is 29.4 Å². The number of benzene rings is 1. The molecule has 5 nitrogen and oxygen atoms in total. The van der Waals surface area contributed by atoms with Crippen molar-refractivity contribution in [3.8, 4) is 11.4 Å². The van der Waals surface area contributed by atoms with E-state index in [0.29, 0.717) is 16.5 Å². The SMILES string of the molecule is CC(C)NC(=O)CSc1nnc(-c2ccccc2F)n1C. The molecule has 112 valence electrons. The Labute approximate surface area is 127 Å². The Kier molecular flexibility index (Phi) is 4.95. The van der Waals surface area contributed by atoms with Gasteiger partial charge in [-0.05, 0) is 26.0 Å². The normalized spacial score (nSPS) is 10.9. The monoisotopic (exact) mass is 308 g/mol. The van der Waals surface area contributed by atoms with E-state index in [1.54, 1.807) is 29.8 Å². The molecule has 0 fully saturated rings. The van der Waals surface area contributed by atoms with Crippen LogP contribution in [0.5, 0.6) is 0 Å². The highest BCUT2D eigenvalue weighted by Crippen LogP contribution is 2.24. The fourth-order valence-electron chi connectivity index (χ4n) is 1.81. The zero-order valence-electron chi connectivity index (χ0n) is 12.1. The van der Waals surface area contributed by atoms with Crippen molar-refractivity contribution >= 4 is 17.7 Å². The predicted octanol–water partition coefficient (Wildman–Crippen LogP) is 2.24. The second kappa shape index (κ2) is 6.71. The summed E-state index contributed by atoms with van der Waals surface area (Å²) in [7, 11) is 1.75. The maximum atomic E-state index is 13.8. The number of hydrogen-bond donors (Lipinski definition) is 1. The molecule has 0 aliphatic rings. The van der Waals surface area contributed by atoms with Gasteiger partial charge in [-0.2, -0.15) is 0 Å². The van der Waals surface area contributed by atoms with E-state index in [1.165, 1.54) is 17.8 Å². The van der Waals surface area contributed by atoms with Gasteiger partial charge in [-0.1, -0.05) is 23.9 Å². The molecule has 0 radical (unpaired) electrons. The summed E-state index contributed by atoms with van der Waals surface area (Å²) in [5, 5.41) is 11.4.